The van der Waals surface area contributed by atoms with Crippen molar-refractivity contribution < 1.29 is 4.79 Å². The fourth-order valence-corrected chi connectivity index (χ4v) is 7.48. The largest absolute Gasteiger partial charge is 0.349 e. The summed E-state index contributed by atoms with van der Waals surface area (Å²) in [6.45, 7) is 7.53. The van der Waals surface area contributed by atoms with Crippen LogP contribution in [0.25, 0.3) is 0 Å². The molecule has 1 aromatic carbocycles. The number of likely N-dealkylation sites (tertiary alicyclic amines) is 1. The fourth-order valence-electron chi connectivity index (χ4n) is 7.48. The third-order valence-electron chi connectivity index (χ3n) is 8.98. The minimum atomic E-state index is 0.0915. The zero-order chi connectivity index (χ0) is 19.1. The molecule has 1 aromatic rings. The maximum absolute atomic E-state index is 11.8. The van der Waals surface area contributed by atoms with Gasteiger partial charge in [-0.1, -0.05) is 35.9 Å². The van der Waals surface area contributed by atoms with Gasteiger partial charge in [0.25, 0.3) is 0 Å². The summed E-state index contributed by atoms with van der Waals surface area (Å²) >= 11 is 0. The molecule has 0 aromatic heterocycles. The smallest absolute Gasteiger partial charge is 0.217 e. The maximum Gasteiger partial charge on any atom is 0.217 e. The standard InChI is InChI=1S/C25H32N2O/c1-16-3-5-22-20(11-16)23(26-17(2)28)14-24(22)7-9-27(10-8-24)15-18-12-25-13-19(25)4-6-21(18)25/h3-6,11,18-19,21,23H,7-10,12-15H2,1-2H3,(H,26,28)/t18?,19?,21?,23-,25?/m0/s1. The van der Waals surface area contributed by atoms with E-state index in [0.29, 0.717) is 0 Å². The van der Waals surface area contributed by atoms with Crippen LogP contribution in [0.5, 0.6) is 0 Å². The van der Waals surface area contributed by atoms with Crippen LogP contribution in [-0.2, 0) is 10.2 Å². The Kier molecular flexibility index (Phi) is 3.53. The molecule has 3 heteroatoms. The molecule has 1 N–H and O–H groups in total. The van der Waals surface area contributed by atoms with E-state index in [1.807, 2.05) is 0 Å². The number of piperidine rings is 1. The van der Waals surface area contributed by atoms with Gasteiger partial charge in [-0.25, -0.2) is 0 Å². The second kappa shape index (κ2) is 5.72. The van der Waals surface area contributed by atoms with E-state index in [2.05, 4.69) is 47.5 Å². The topological polar surface area (TPSA) is 32.3 Å². The van der Waals surface area contributed by atoms with Crippen molar-refractivity contribution >= 4 is 5.91 Å². The molecule has 1 amide bonds. The normalized spacial score (nSPS) is 39.2. The molecule has 0 bridgehead atoms. The van der Waals surface area contributed by atoms with E-state index >= 15 is 0 Å². The molecule has 148 valence electrons. The number of rotatable bonds is 3. The number of aryl methyl sites for hydroxylation is 1. The van der Waals surface area contributed by atoms with Crippen LogP contribution in [-0.4, -0.2) is 30.4 Å². The van der Waals surface area contributed by atoms with Crippen LogP contribution >= 0.6 is 0 Å². The molecule has 2 saturated carbocycles. The molecule has 5 atom stereocenters. The summed E-state index contributed by atoms with van der Waals surface area (Å²) in [4.78, 5) is 14.5. The summed E-state index contributed by atoms with van der Waals surface area (Å²) in [6.07, 6.45) is 11.6. The lowest BCUT2D eigenvalue weighted by Crippen LogP contribution is -2.48. The predicted octanol–water partition coefficient (Wildman–Crippen LogP) is 4.12. The van der Waals surface area contributed by atoms with E-state index in [-0.39, 0.29) is 17.4 Å². The molecule has 6 rings (SSSR count). The number of benzene rings is 1. The van der Waals surface area contributed by atoms with Crippen molar-refractivity contribution in [2.45, 2.75) is 57.4 Å². The molecule has 1 saturated heterocycles. The number of allylic oxidation sites excluding steroid dienone is 2. The highest BCUT2D eigenvalue weighted by Crippen LogP contribution is 2.75. The number of carbonyl (C=O) groups is 1. The second-order valence-corrected chi connectivity index (χ2v) is 10.5. The Morgan fingerprint density at radius 3 is 2.71 bits per heavy atom. The van der Waals surface area contributed by atoms with E-state index in [1.165, 1.54) is 62.0 Å². The third-order valence-corrected chi connectivity index (χ3v) is 8.98. The number of fused-ring (bicyclic) bond motifs is 2. The Morgan fingerprint density at radius 2 is 2.00 bits per heavy atom. The van der Waals surface area contributed by atoms with Crippen LogP contribution in [0.2, 0.25) is 0 Å². The van der Waals surface area contributed by atoms with E-state index in [4.69, 9.17) is 0 Å². The van der Waals surface area contributed by atoms with Gasteiger partial charge in [-0.2, -0.15) is 0 Å². The molecular formula is C25H32N2O. The molecule has 0 radical (unpaired) electrons. The first-order valence-electron chi connectivity index (χ1n) is 11.3. The summed E-state index contributed by atoms with van der Waals surface area (Å²) in [6, 6.07) is 7.12. The Bertz CT molecular complexity index is 865. The van der Waals surface area contributed by atoms with Gasteiger partial charge in [-0.05, 0) is 86.4 Å². The third kappa shape index (κ3) is 2.35. The quantitative estimate of drug-likeness (QED) is 0.805. The Hall–Kier alpha value is -1.61. The first kappa shape index (κ1) is 17.3. The lowest BCUT2D eigenvalue weighted by Gasteiger charge is -2.48. The molecule has 3 nitrogen and oxygen atoms in total. The molecule has 1 heterocycles. The minimum Gasteiger partial charge on any atom is -0.349 e. The van der Waals surface area contributed by atoms with Crippen LogP contribution in [0.3, 0.4) is 0 Å². The van der Waals surface area contributed by atoms with Crippen LogP contribution < -0.4 is 5.32 Å². The molecule has 4 unspecified atom stereocenters. The maximum atomic E-state index is 11.8. The van der Waals surface area contributed by atoms with Crippen molar-refractivity contribution in [1.82, 2.24) is 10.2 Å². The zero-order valence-corrected chi connectivity index (χ0v) is 17.2. The van der Waals surface area contributed by atoms with Gasteiger partial charge >= 0.3 is 0 Å². The highest BCUT2D eigenvalue weighted by atomic mass is 16.1. The first-order chi connectivity index (χ1) is 13.5. The molecule has 1 aliphatic heterocycles. The predicted molar refractivity (Wildman–Crippen MR) is 111 cm³/mol. The van der Waals surface area contributed by atoms with Gasteiger partial charge in [0.15, 0.2) is 0 Å². The highest BCUT2D eigenvalue weighted by Gasteiger charge is 2.68. The number of carbonyl (C=O) groups excluding carboxylic acids is 1. The number of amides is 1. The zero-order valence-electron chi connectivity index (χ0n) is 17.2. The van der Waals surface area contributed by atoms with Crippen molar-refractivity contribution in [2.24, 2.45) is 23.2 Å². The van der Waals surface area contributed by atoms with Gasteiger partial charge in [0.05, 0.1) is 6.04 Å². The Balaban J connectivity index is 1.16. The molecule has 3 fully saturated rings. The van der Waals surface area contributed by atoms with Gasteiger partial charge in [-0.15, -0.1) is 0 Å². The lowest BCUT2D eigenvalue weighted by molar-refractivity contribution is -0.119. The summed E-state index contributed by atoms with van der Waals surface area (Å²) in [5.41, 5.74) is 5.20. The lowest BCUT2D eigenvalue weighted by atomic mass is 9.62. The Labute approximate surface area is 168 Å². The number of hydrogen-bond acceptors (Lipinski definition) is 2. The summed E-state index contributed by atoms with van der Waals surface area (Å²) in [5.74, 6) is 2.84. The average Bonchev–Trinajstić information content (AvgIpc) is 3.22. The van der Waals surface area contributed by atoms with Crippen LogP contribution in [0.15, 0.2) is 30.4 Å². The number of nitrogens with one attached hydrogen (secondary N) is 1. The van der Waals surface area contributed by atoms with Crippen molar-refractivity contribution in [3.8, 4) is 0 Å². The van der Waals surface area contributed by atoms with Gasteiger partial charge < -0.3 is 10.2 Å². The number of hydrogen-bond donors (Lipinski definition) is 1. The Morgan fingerprint density at radius 1 is 1.18 bits per heavy atom. The summed E-state index contributed by atoms with van der Waals surface area (Å²) in [5, 5.41) is 3.23. The minimum absolute atomic E-state index is 0.0915. The van der Waals surface area contributed by atoms with Crippen molar-refractivity contribution in [3.05, 3.63) is 47.0 Å². The molecule has 2 spiro atoms. The molecule has 4 aliphatic carbocycles. The monoisotopic (exact) mass is 376 g/mol. The van der Waals surface area contributed by atoms with E-state index in [0.717, 1.165) is 29.6 Å². The van der Waals surface area contributed by atoms with Crippen molar-refractivity contribution in [3.63, 3.8) is 0 Å². The molecule has 5 aliphatic rings. The van der Waals surface area contributed by atoms with E-state index in [9.17, 15) is 4.79 Å². The number of nitrogens with zero attached hydrogens (tertiary/aromatic N) is 1. The van der Waals surface area contributed by atoms with E-state index < -0.39 is 0 Å². The van der Waals surface area contributed by atoms with E-state index in [1.54, 1.807) is 6.92 Å². The van der Waals surface area contributed by atoms with Gasteiger partial charge in [0, 0.05) is 18.9 Å². The van der Waals surface area contributed by atoms with Crippen molar-refractivity contribution in [1.29, 1.82) is 0 Å². The van der Waals surface area contributed by atoms with Crippen LogP contribution in [0, 0.1) is 30.1 Å². The highest BCUT2D eigenvalue weighted by molar-refractivity contribution is 5.74. The average molecular weight is 377 g/mol. The van der Waals surface area contributed by atoms with Crippen LogP contribution in [0.1, 0.15) is 61.8 Å². The summed E-state index contributed by atoms with van der Waals surface area (Å²) in [7, 11) is 0. The van der Waals surface area contributed by atoms with Gasteiger partial charge in [0.2, 0.25) is 5.91 Å². The molecular weight excluding hydrogens is 344 g/mol. The summed E-state index contributed by atoms with van der Waals surface area (Å²) < 4.78 is 0. The van der Waals surface area contributed by atoms with Gasteiger partial charge in [0.1, 0.15) is 0 Å². The first-order valence-corrected chi connectivity index (χ1v) is 11.3. The fraction of sp³-hybridized carbons (Fsp3) is 0.640. The SMILES string of the molecule is CC(=O)N[C@H]1CC2(CCN(CC3CC45CC4C=CC35)CC2)c2ccc(C)cc21. The second-order valence-electron chi connectivity index (χ2n) is 10.5. The van der Waals surface area contributed by atoms with Gasteiger partial charge in [-0.3, -0.25) is 4.79 Å². The molecule has 28 heavy (non-hydrogen) atoms. The van der Waals surface area contributed by atoms with Crippen LogP contribution in [0.4, 0.5) is 0 Å². The van der Waals surface area contributed by atoms with Crippen molar-refractivity contribution in [2.75, 3.05) is 19.6 Å².